The van der Waals surface area contributed by atoms with E-state index in [-0.39, 0.29) is 47.7 Å². The Morgan fingerprint density at radius 3 is 1.49 bits per heavy atom. The van der Waals surface area contributed by atoms with E-state index >= 15 is 0 Å². The molecule has 6 aromatic heterocycles. The van der Waals surface area contributed by atoms with Crippen molar-refractivity contribution in [3.05, 3.63) is 130 Å². The number of rotatable bonds is 13. The fourth-order valence-electron chi connectivity index (χ4n) is 9.79. The number of amides is 1. The average Bonchev–Trinajstić information content (AvgIpc) is 4.23. The van der Waals surface area contributed by atoms with Crippen molar-refractivity contribution >= 4 is 101 Å². The maximum absolute atomic E-state index is 14.5. The number of nitrogens with zero attached hydrogens (tertiary/aromatic N) is 7. The van der Waals surface area contributed by atoms with Crippen molar-refractivity contribution in [3.8, 4) is 22.5 Å². The zero-order valence-electron chi connectivity index (χ0n) is 39.6. The van der Waals surface area contributed by atoms with E-state index in [0.29, 0.717) is 125 Å². The van der Waals surface area contributed by atoms with E-state index < -0.39 is 28.7 Å². The standard InChI is InChI=1S/C26H23Cl2FN4O4S.C26H21Cl2FN4O3S/c27-16-9-31-10-17(28)20(16)21-15(23(37-33-21)12-1-2-12)11-36-14-3-5-26(35,6-4-14)25-32-22-18(29)7-13(24(30)34)8-19(22)38-25;1-30-14-8-19(29)23-20(9-14)37-25(32-23)26(34)6-4-15(5-7-26)35-12-16-22(33-36-24(16)13-2-3-13)21-17(27)10-31-11-18(21)28/h7-10,12,14,35H,1-6,11H2,(H2,30,34);8-11,13,15,34H,2-7,12H2. The number of halogens is 6. The summed E-state index contributed by atoms with van der Waals surface area (Å²) in [5, 5.41) is 33.8. The molecule has 0 radical (unpaired) electrons. The molecule has 0 bridgehead atoms. The van der Waals surface area contributed by atoms with E-state index in [9.17, 15) is 23.8 Å². The Balaban J connectivity index is 0.000000161. The van der Waals surface area contributed by atoms with Gasteiger partial charge in [-0.2, -0.15) is 0 Å². The lowest BCUT2D eigenvalue weighted by atomic mass is 9.83. The van der Waals surface area contributed by atoms with E-state index in [1.807, 2.05) is 0 Å². The van der Waals surface area contributed by atoms with Gasteiger partial charge in [0.2, 0.25) is 5.91 Å². The van der Waals surface area contributed by atoms with Crippen LogP contribution in [0.3, 0.4) is 0 Å². The maximum Gasteiger partial charge on any atom is 0.248 e. The van der Waals surface area contributed by atoms with E-state index in [1.54, 1.807) is 6.07 Å². The first-order valence-corrected chi connectivity index (χ1v) is 27.4. The summed E-state index contributed by atoms with van der Waals surface area (Å²) in [5.74, 6) is 0.330. The molecule has 15 nitrogen and oxygen atoms in total. The fraction of sp³-hybridized carbons (Fsp3) is 0.385. The van der Waals surface area contributed by atoms with Crippen molar-refractivity contribution in [2.45, 2.75) is 126 Å². The van der Waals surface area contributed by atoms with Crippen LogP contribution in [0.4, 0.5) is 14.5 Å². The number of primary amides is 1. The summed E-state index contributed by atoms with van der Waals surface area (Å²) < 4.78 is 54.0. The lowest BCUT2D eigenvalue weighted by Crippen LogP contribution is -2.34. The van der Waals surface area contributed by atoms with Gasteiger partial charge in [0, 0.05) is 69.1 Å². The molecule has 388 valence electrons. The van der Waals surface area contributed by atoms with Gasteiger partial charge in [-0.3, -0.25) is 14.8 Å². The Morgan fingerprint density at radius 1 is 0.680 bits per heavy atom. The molecule has 0 atom stereocenters. The summed E-state index contributed by atoms with van der Waals surface area (Å²) in [7, 11) is 0. The molecule has 4 fully saturated rings. The molecule has 0 saturated heterocycles. The zero-order valence-corrected chi connectivity index (χ0v) is 44.2. The van der Waals surface area contributed by atoms with E-state index in [0.717, 1.165) is 54.4 Å². The number of hydrogen-bond acceptors (Lipinski definition) is 15. The molecule has 2 aromatic carbocycles. The van der Waals surface area contributed by atoms with Crippen LogP contribution in [0.1, 0.15) is 132 Å². The first kappa shape index (κ1) is 51.8. The molecule has 4 N–H and O–H groups in total. The van der Waals surface area contributed by atoms with Crippen molar-refractivity contribution < 1.29 is 42.3 Å². The minimum Gasteiger partial charge on any atom is -0.383 e. The second-order valence-corrected chi connectivity index (χ2v) is 23.1. The molecule has 12 rings (SSSR count). The second-order valence-electron chi connectivity index (χ2n) is 19.4. The monoisotopic (exact) mass is 1130 g/mol. The largest absolute Gasteiger partial charge is 0.383 e. The number of nitrogens with two attached hydrogens (primary N) is 1. The molecule has 8 aromatic rings. The van der Waals surface area contributed by atoms with Crippen LogP contribution in [0.15, 0.2) is 58.1 Å². The molecule has 4 aliphatic carbocycles. The van der Waals surface area contributed by atoms with Crippen molar-refractivity contribution in [1.82, 2.24) is 30.2 Å². The van der Waals surface area contributed by atoms with E-state index in [1.165, 1.54) is 59.6 Å². The minimum absolute atomic E-state index is 0.0716. The summed E-state index contributed by atoms with van der Waals surface area (Å²) in [6.07, 6.45) is 14.1. The van der Waals surface area contributed by atoms with Gasteiger partial charge < -0.3 is 34.5 Å². The Hall–Kier alpha value is -5.24. The van der Waals surface area contributed by atoms with Gasteiger partial charge in [0.05, 0.1) is 56.8 Å². The van der Waals surface area contributed by atoms with Crippen LogP contribution in [-0.2, 0) is 33.9 Å². The normalized spacial score (nSPS) is 21.8. The summed E-state index contributed by atoms with van der Waals surface area (Å²) in [6.45, 7) is 7.70. The summed E-state index contributed by atoms with van der Waals surface area (Å²) in [6, 6.07) is 5.37. The van der Waals surface area contributed by atoms with E-state index in [2.05, 4.69) is 35.1 Å². The molecular formula is C52H44Cl4F2N8O7S2. The van der Waals surface area contributed by atoms with Gasteiger partial charge in [0.1, 0.15) is 61.0 Å². The summed E-state index contributed by atoms with van der Waals surface area (Å²) in [5.41, 5.74) is 7.50. The van der Waals surface area contributed by atoms with Crippen molar-refractivity contribution in [1.29, 1.82) is 0 Å². The van der Waals surface area contributed by atoms with Crippen LogP contribution in [0.2, 0.25) is 20.1 Å². The number of carbonyl (C=O) groups is 1. The Kier molecular flexibility index (Phi) is 14.5. The highest BCUT2D eigenvalue weighted by Gasteiger charge is 2.41. The van der Waals surface area contributed by atoms with Crippen LogP contribution < -0.4 is 5.73 Å². The molecular weight excluding hydrogens is 1090 g/mol. The third kappa shape index (κ3) is 10.5. The molecule has 1 amide bonds. The second kappa shape index (κ2) is 20.9. The van der Waals surface area contributed by atoms with Crippen LogP contribution >= 0.6 is 69.1 Å². The van der Waals surface area contributed by atoms with Crippen LogP contribution in [-0.4, -0.2) is 58.6 Å². The van der Waals surface area contributed by atoms with Gasteiger partial charge in [-0.1, -0.05) is 56.7 Å². The topological polar surface area (TPSA) is 210 Å². The number of thiazole rings is 2. The smallest absolute Gasteiger partial charge is 0.248 e. The highest BCUT2D eigenvalue weighted by atomic mass is 35.5. The quantitative estimate of drug-likeness (QED) is 0.0919. The Morgan fingerprint density at radius 2 is 1.09 bits per heavy atom. The Bertz CT molecular complexity index is 3500. The molecule has 0 spiro atoms. The predicted octanol–water partition coefficient (Wildman–Crippen LogP) is 13.7. The third-order valence-electron chi connectivity index (χ3n) is 14.3. The predicted molar refractivity (Wildman–Crippen MR) is 279 cm³/mol. The van der Waals surface area contributed by atoms with Crippen LogP contribution in [0.25, 0.3) is 47.8 Å². The number of carbonyl (C=O) groups excluding carboxylic acids is 1. The first-order chi connectivity index (χ1) is 36.1. The fourth-order valence-corrected chi connectivity index (χ4v) is 13.2. The van der Waals surface area contributed by atoms with Gasteiger partial charge in [-0.05, 0) is 101 Å². The highest BCUT2D eigenvalue weighted by Crippen LogP contribution is 2.49. The molecule has 23 heteroatoms. The number of pyridine rings is 2. The highest BCUT2D eigenvalue weighted by molar-refractivity contribution is 7.19. The van der Waals surface area contributed by atoms with Gasteiger partial charge in [0.15, 0.2) is 11.5 Å². The van der Waals surface area contributed by atoms with Gasteiger partial charge in [0.25, 0.3) is 0 Å². The van der Waals surface area contributed by atoms with E-state index in [4.69, 9.17) is 77.2 Å². The molecule has 0 unspecified atom stereocenters. The molecule has 75 heavy (non-hydrogen) atoms. The van der Waals surface area contributed by atoms with Gasteiger partial charge in [-0.15, -0.1) is 22.7 Å². The minimum atomic E-state index is -1.21. The number of hydrogen-bond donors (Lipinski definition) is 3. The van der Waals surface area contributed by atoms with Crippen molar-refractivity contribution in [3.63, 3.8) is 0 Å². The lowest BCUT2D eigenvalue weighted by molar-refractivity contribution is -0.0641. The molecule has 6 heterocycles. The van der Waals surface area contributed by atoms with Crippen molar-refractivity contribution in [2.75, 3.05) is 0 Å². The zero-order chi connectivity index (χ0) is 52.3. The van der Waals surface area contributed by atoms with Crippen LogP contribution in [0.5, 0.6) is 0 Å². The maximum atomic E-state index is 14.5. The van der Waals surface area contributed by atoms with Gasteiger partial charge in [-0.25, -0.2) is 23.6 Å². The SMILES string of the molecule is NC(=O)c1cc(F)c2nc(C3(O)CCC(OCc4c(-c5c(Cl)cncc5Cl)noc4C4CC4)CC3)sc2c1.[C-]#[N+]c1cc(F)c2nc(C3(O)CCC(OCc4c(-c5c(Cl)cncc5Cl)noc4C4CC4)CC3)sc2c1. The first-order valence-electron chi connectivity index (χ1n) is 24.2. The number of fused-ring (bicyclic) bond motifs is 2. The Labute approximate surface area is 455 Å². The number of aliphatic hydroxyl groups is 2. The number of ether oxygens (including phenoxy) is 2. The van der Waals surface area contributed by atoms with Crippen LogP contribution in [0, 0.1) is 18.2 Å². The number of benzene rings is 2. The lowest BCUT2D eigenvalue weighted by Gasteiger charge is -2.34. The van der Waals surface area contributed by atoms with Crippen molar-refractivity contribution in [2.24, 2.45) is 5.73 Å². The molecule has 4 aliphatic rings. The summed E-state index contributed by atoms with van der Waals surface area (Å²) in [4.78, 5) is 31.6. The molecule has 0 aliphatic heterocycles. The summed E-state index contributed by atoms with van der Waals surface area (Å²) >= 11 is 28.0. The third-order valence-corrected chi connectivity index (χ3v) is 17.8. The number of aromatic nitrogens is 6. The molecule has 4 saturated carbocycles. The average molecular weight is 1140 g/mol. The van der Waals surface area contributed by atoms with Gasteiger partial charge >= 0.3 is 0 Å².